The van der Waals surface area contributed by atoms with E-state index in [1.165, 1.54) is 83.5 Å². The van der Waals surface area contributed by atoms with E-state index in [9.17, 15) is 0 Å². The average molecular weight is 292 g/mol. The Morgan fingerprint density at radius 1 is 0.810 bits per heavy atom. The number of nitrogens with zero attached hydrogens (tertiary/aromatic N) is 2. The molecule has 1 aliphatic rings. The maximum absolute atomic E-state index is 5.68. The molecule has 3 nitrogen and oxygen atoms in total. The molecular formula is C18H32N2O. The van der Waals surface area contributed by atoms with Crippen molar-refractivity contribution in [3.63, 3.8) is 0 Å². The number of hydrogen-bond donors (Lipinski definition) is 0. The molecule has 0 bridgehead atoms. The first-order valence-electron chi connectivity index (χ1n) is 9.22. The second-order valence-electron chi connectivity index (χ2n) is 6.59. The summed E-state index contributed by atoms with van der Waals surface area (Å²) in [6.45, 7) is 2.28. The lowest BCUT2D eigenvalue weighted by Crippen LogP contribution is -1.87. The normalized spacial score (nSPS) is 14.7. The molecule has 1 aliphatic carbocycles. The van der Waals surface area contributed by atoms with Crippen molar-refractivity contribution in [2.75, 3.05) is 0 Å². The third-order valence-electron chi connectivity index (χ3n) is 4.40. The predicted molar refractivity (Wildman–Crippen MR) is 86.4 cm³/mol. The molecule has 0 unspecified atom stereocenters. The summed E-state index contributed by atoms with van der Waals surface area (Å²) in [5, 5.41) is 8.28. The van der Waals surface area contributed by atoms with Gasteiger partial charge in [-0.05, 0) is 19.3 Å². The summed E-state index contributed by atoms with van der Waals surface area (Å²) < 4.78 is 5.68. The average Bonchev–Trinajstić information content (AvgIpc) is 3.24. The quantitative estimate of drug-likeness (QED) is 0.431. The molecule has 0 atom stereocenters. The second kappa shape index (κ2) is 9.97. The van der Waals surface area contributed by atoms with Crippen molar-refractivity contribution < 1.29 is 4.42 Å². The van der Waals surface area contributed by atoms with E-state index in [0.717, 1.165) is 18.2 Å². The first kappa shape index (κ1) is 16.5. The summed E-state index contributed by atoms with van der Waals surface area (Å²) >= 11 is 0. The molecule has 0 aliphatic heterocycles. The minimum absolute atomic E-state index is 0.587. The summed E-state index contributed by atoms with van der Waals surface area (Å²) in [6, 6.07) is 0. The highest BCUT2D eigenvalue weighted by molar-refractivity contribution is 5.00. The highest BCUT2D eigenvalue weighted by atomic mass is 16.4. The fraction of sp³-hybridized carbons (Fsp3) is 0.889. The standard InChI is InChI=1S/C18H32N2O/c1-2-3-4-5-6-7-8-9-10-11-12-13-17-19-20-18(21-17)16-14-15-16/h16H,2-15H2,1H3. The molecule has 0 N–H and O–H groups in total. The molecule has 21 heavy (non-hydrogen) atoms. The fourth-order valence-electron chi connectivity index (χ4n) is 2.80. The van der Waals surface area contributed by atoms with Crippen molar-refractivity contribution in [2.45, 2.75) is 103 Å². The first-order valence-corrected chi connectivity index (χ1v) is 9.22. The van der Waals surface area contributed by atoms with Crippen LogP contribution >= 0.6 is 0 Å². The smallest absolute Gasteiger partial charge is 0.219 e. The maximum Gasteiger partial charge on any atom is 0.219 e. The molecule has 1 aromatic heterocycles. The zero-order valence-corrected chi connectivity index (χ0v) is 13.8. The summed E-state index contributed by atoms with van der Waals surface area (Å²) in [5.41, 5.74) is 0. The van der Waals surface area contributed by atoms with Gasteiger partial charge >= 0.3 is 0 Å². The van der Waals surface area contributed by atoms with Gasteiger partial charge in [0.05, 0.1) is 0 Å². The van der Waals surface area contributed by atoms with E-state index in [1.54, 1.807) is 0 Å². The molecule has 0 aromatic carbocycles. The van der Waals surface area contributed by atoms with Crippen molar-refractivity contribution in [2.24, 2.45) is 0 Å². The van der Waals surface area contributed by atoms with Crippen LogP contribution in [0.2, 0.25) is 0 Å². The van der Waals surface area contributed by atoms with Crippen molar-refractivity contribution in [3.8, 4) is 0 Å². The third-order valence-corrected chi connectivity index (χ3v) is 4.40. The van der Waals surface area contributed by atoms with E-state index in [0.29, 0.717) is 5.92 Å². The van der Waals surface area contributed by atoms with Crippen LogP contribution in [-0.2, 0) is 6.42 Å². The first-order chi connectivity index (χ1) is 10.4. The Kier molecular flexibility index (Phi) is 7.83. The Bertz CT molecular complexity index is 371. The highest BCUT2D eigenvalue weighted by Crippen LogP contribution is 2.39. The Hall–Kier alpha value is -0.860. The van der Waals surface area contributed by atoms with E-state index in [4.69, 9.17) is 4.42 Å². The summed E-state index contributed by atoms with van der Waals surface area (Å²) in [4.78, 5) is 0. The van der Waals surface area contributed by atoms with Crippen LogP contribution in [0.3, 0.4) is 0 Å². The molecule has 1 saturated carbocycles. The molecule has 1 heterocycles. The van der Waals surface area contributed by atoms with E-state index in [2.05, 4.69) is 17.1 Å². The molecule has 0 amide bonds. The molecule has 3 heteroatoms. The largest absolute Gasteiger partial charge is 0.425 e. The molecule has 0 spiro atoms. The molecule has 2 rings (SSSR count). The fourth-order valence-corrected chi connectivity index (χ4v) is 2.80. The van der Waals surface area contributed by atoms with Crippen LogP contribution in [0.5, 0.6) is 0 Å². The maximum atomic E-state index is 5.68. The van der Waals surface area contributed by atoms with Crippen LogP contribution in [-0.4, -0.2) is 10.2 Å². The van der Waals surface area contributed by atoms with Crippen LogP contribution in [0.4, 0.5) is 0 Å². The van der Waals surface area contributed by atoms with Crippen LogP contribution in [0.1, 0.15) is 108 Å². The van der Waals surface area contributed by atoms with E-state index < -0.39 is 0 Å². The lowest BCUT2D eigenvalue weighted by molar-refractivity contribution is 0.440. The Balaban J connectivity index is 1.36. The van der Waals surface area contributed by atoms with Gasteiger partial charge in [-0.15, -0.1) is 10.2 Å². The lowest BCUT2D eigenvalue weighted by atomic mass is 10.1. The van der Waals surface area contributed by atoms with Crippen molar-refractivity contribution in [1.82, 2.24) is 10.2 Å². The van der Waals surface area contributed by atoms with Crippen molar-refractivity contribution in [1.29, 1.82) is 0 Å². The Morgan fingerprint density at radius 3 is 1.95 bits per heavy atom. The molecule has 120 valence electrons. The van der Waals surface area contributed by atoms with E-state index in [-0.39, 0.29) is 0 Å². The second-order valence-corrected chi connectivity index (χ2v) is 6.59. The van der Waals surface area contributed by atoms with Crippen molar-refractivity contribution >= 4 is 0 Å². The van der Waals surface area contributed by atoms with Gasteiger partial charge in [-0.3, -0.25) is 0 Å². The van der Waals surface area contributed by atoms with Gasteiger partial charge in [0.1, 0.15) is 0 Å². The molecule has 1 aromatic rings. The summed E-state index contributed by atoms with van der Waals surface area (Å²) in [7, 11) is 0. The number of rotatable bonds is 13. The topological polar surface area (TPSA) is 38.9 Å². The van der Waals surface area contributed by atoms with Gasteiger partial charge in [-0.25, -0.2) is 0 Å². The number of aryl methyl sites for hydroxylation is 1. The van der Waals surface area contributed by atoms with E-state index >= 15 is 0 Å². The summed E-state index contributed by atoms with van der Waals surface area (Å²) in [6.07, 6.45) is 18.6. The SMILES string of the molecule is CCCCCCCCCCCCCc1nnc(C2CC2)o1. The minimum Gasteiger partial charge on any atom is -0.425 e. The molecule has 0 radical (unpaired) electrons. The van der Waals surface area contributed by atoms with Gasteiger partial charge in [0, 0.05) is 12.3 Å². The number of hydrogen-bond acceptors (Lipinski definition) is 3. The number of unbranched alkanes of at least 4 members (excludes halogenated alkanes) is 10. The van der Waals surface area contributed by atoms with Crippen molar-refractivity contribution in [3.05, 3.63) is 11.8 Å². The van der Waals surface area contributed by atoms with Gasteiger partial charge in [0.15, 0.2) is 0 Å². The highest BCUT2D eigenvalue weighted by Gasteiger charge is 2.29. The van der Waals surface area contributed by atoms with Gasteiger partial charge in [-0.1, -0.05) is 71.1 Å². The Morgan fingerprint density at radius 2 is 1.38 bits per heavy atom. The van der Waals surface area contributed by atoms with Crippen LogP contribution in [0.25, 0.3) is 0 Å². The molecule has 1 fully saturated rings. The third kappa shape index (κ3) is 7.10. The monoisotopic (exact) mass is 292 g/mol. The van der Waals surface area contributed by atoms with Crippen LogP contribution in [0.15, 0.2) is 4.42 Å². The van der Waals surface area contributed by atoms with Crippen LogP contribution < -0.4 is 0 Å². The number of aromatic nitrogens is 2. The molecule has 0 saturated heterocycles. The van der Waals surface area contributed by atoms with Gasteiger partial charge < -0.3 is 4.42 Å². The lowest BCUT2D eigenvalue weighted by Gasteiger charge is -2.01. The zero-order valence-electron chi connectivity index (χ0n) is 13.8. The minimum atomic E-state index is 0.587. The van der Waals surface area contributed by atoms with Gasteiger partial charge in [-0.2, -0.15) is 0 Å². The van der Waals surface area contributed by atoms with Gasteiger partial charge in [0.2, 0.25) is 11.8 Å². The van der Waals surface area contributed by atoms with Crippen LogP contribution in [0, 0.1) is 0 Å². The van der Waals surface area contributed by atoms with Gasteiger partial charge in [0.25, 0.3) is 0 Å². The Labute approximate surface area is 129 Å². The summed E-state index contributed by atoms with van der Waals surface area (Å²) in [5.74, 6) is 2.32. The zero-order chi connectivity index (χ0) is 14.8. The molecular weight excluding hydrogens is 260 g/mol. The predicted octanol–water partition coefficient (Wildman–Crippen LogP) is 5.80. The van der Waals surface area contributed by atoms with E-state index in [1.807, 2.05) is 0 Å².